The molecule has 0 fully saturated rings. The van der Waals surface area contributed by atoms with E-state index in [9.17, 15) is 10.1 Å². The van der Waals surface area contributed by atoms with Gasteiger partial charge in [0.05, 0.1) is 4.92 Å². The molecule has 0 aromatic heterocycles. The molecule has 1 aromatic rings. The van der Waals surface area contributed by atoms with Crippen LogP contribution >= 0.6 is 22.6 Å². The van der Waals surface area contributed by atoms with Gasteiger partial charge < -0.3 is 5.32 Å². The number of nitrogens with zero attached hydrogens (tertiary/aromatic N) is 1. The van der Waals surface area contributed by atoms with Crippen molar-refractivity contribution in [3.05, 3.63) is 43.5 Å². The summed E-state index contributed by atoms with van der Waals surface area (Å²) in [6.45, 7) is 4.79. The summed E-state index contributed by atoms with van der Waals surface area (Å²) in [6.07, 6.45) is 2.07. The highest BCUT2D eigenvalue weighted by molar-refractivity contribution is 14.1. The molecule has 16 heavy (non-hydrogen) atoms. The Hall–Kier alpha value is -1.11. The summed E-state index contributed by atoms with van der Waals surface area (Å²) in [5.41, 5.74) is 2.28. The second-order valence-corrected chi connectivity index (χ2v) is 4.75. The van der Waals surface area contributed by atoms with Gasteiger partial charge in [-0.15, -0.1) is 0 Å². The second kappa shape index (κ2) is 5.83. The van der Waals surface area contributed by atoms with Crippen LogP contribution in [0.2, 0.25) is 0 Å². The SMILES string of the molecule is CC(C)=CCNc1ccc([N+](=O)[O-])cc1I. The van der Waals surface area contributed by atoms with Crippen molar-refractivity contribution < 1.29 is 4.92 Å². The van der Waals surface area contributed by atoms with E-state index in [2.05, 4.69) is 34.0 Å². The quantitative estimate of drug-likeness (QED) is 0.397. The minimum atomic E-state index is -0.387. The van der Waals surface area contributed by atoms with E-state index in [4.69, 9.17) is 0 Å². The van der Waals surface area contributed by atoms with Gasteiger partial charge in [-0.3, -0.25) is 10.1 Å². The molecule has 0 heterocycles. The lowest BCUT2D eigenvalue weighted by Gasteiger charge is -2.06. The van der Waals surface area contributed by atoms with Gasteiger partial charge in [0.2, 0.25) is 0 Å². The molecular weight excluding hydrogens is 319 g/mol. The van der Waals surface area contributed by atoms with Gasteiger partial charge in [0.15, 0.2) is 0 Å². The third kappa shape index (κ3) is 3.80. The third-order valence-corrected chi connectivity index (χ3v) is 2.86. The van der Waals surface area contributed by atoms with Crippen molar-refractivity contribution >= 4 is 34.0 Å². The number of nitro benzene ring substituents is 1. The lowest BCUT2D eigenvalue weighted by atomic mass is 10.2. The maximum absolute atomic E-state index is 10.5. The summed E-state index contributed by atoms with van der Waals surface area (Å²) < 4.78 is 0.856. The molecule has 0 aliphatic heterocycles. The number of hydrogen-bond acceptors (Lipinski definition) is 3. The predicted octanol–water partition coefficient (Wildman–Crippen LogP) is 3.58. The van der Waals surface area contributed by atoms with Crippen molar-refractivity contribution in [1.82, 2.24) is 0 Å². The first-order valence-electron chi connectivity index (χ1n) is 4.82. The monoisotopic (exact) mass is 332 g/mol. The van der Waals surface area contributed by atoms with E-state index in [0.717, 1.165) is 15.8 Å². The second-order valence-electron chi connectivity index (χ2n) is 3.58. The fourth-order valence-electron chi connectivity index (χ4n) is 1.13. The van der Waals surface area contributed by atoms with E-state index in [-0.39, 0.29) is 10.6 Å². The largest absolute Gasteiger partial charge is 0.381 e. The van der Waals surface area contributed by atoms with Gasteiger partial charge in [0, 0.05) is 27.9 Å². The molecule has 0 unspecified atom stereocenters. The van der Waals surface area contributed by atoms with Gasteiger partial charge in [0.1, 0.15) is 0 Å². The number of rotatable bonds is 4. The minimum Gasteiger partial charge on any atom is -0.381 e. The third-order valence-electron chi connectivity index (χ3n) is 1.97. The smallest absolute Gasteiger partial charge is 0.270 e. The normalized spacial score (nSPS) is 9.69. The average Bonchev–Trinajstić information content (AvgIpc) is 2.19. The fourth-order valence-corrected chi connectivity index (χ4v) is 1.82. The van der Waals surface area contributed by atoms with Crippen molar-refractivity contribution in [3.63, 3.8) is 0 Å². The van der Waals surface area contributed by atoms with Crippen molar-refractivity contribution in [1.29, 1.82) is 0 Å². The molecule has 0 bridgehead atoms. The molecule has 0 radical (unpaired) electrons. The Morgan fingerprint density at radius 2 is 2.25 bits per heavy atom. The molecule has 1 N–H and O–H groups in total. The molecule has 5 heteroatoms. The summed E-state index contributed by atoms with van der Waals surface area (Å²) in [5, 5.41) is 13.7. The molecule has 0 aliphatic carbocycles. The highest BCUT2D eigenvalue weighted by atomic mass is 127. The molecule has 0 aliphatic rings. The van der Waals surface area contributed by atoms with Crippen molar-refractivity contribution in [3.8, 4) is 0 Å². The molecule has 1 rings (SSSR count). The molecular formula is C11H13IN2O2. The lowest BCUT2D eigenvalue weighted by molar-refractivity contribution is -0.384. The standard InChI is InChI=1S/C11H13IN2O2/c1-8(2)5-6-13-11-4-3-9(14(15)16)7-10(11)12/h3-5,7,13H,6H2,1-2H3. The Labute approximate surface area is 108 Å². The highest BCUT2D eigenvalue weighted by Gasteiger charge is 2.07. The minimum absolute atomic E-state index is 0.122. The molecule has 4 nitrogen and oxygen atoms in total. The predicted molar refractivity (Wildman–Crippen MR) is 73.7 cm³/mol. The average molecular weight is 332 g/mol. The van der Waals surface area contributed by atoms with Crippen molar-refractivity contribution in [2.75, 3.05) is 11.9 Å². The van der Waals surface area contributed by atoms with Gasteiger partial charge in [-0.25, -0.2) is 0 Å². The van der Waals surface area contributed by atoms with Crippen LogP contribution in [0.3, 0.4) is 0 Å². The summed E-state index contributed by atoms with van der Waals surface area (Å²) in [6, 6.07) is 4.80. The molecule has 0 atom stereocenters. The Morgan fingerprint density at radius 1 is 1.56 bits per heavy atom. The number of nitro groups is 1. The first kappa shape index (κ1) is 13.0. The first-order chi connectivity index (χ1) is 7.50. The van der Waals surface area contributed by atoms with Crippen molar-refractivity contribution in [2.24, 2.45) is 0 Å². The Bertz CT molecular complexity index is 426. The lowest BCUT2D eigenvalue weighted by Crippen LogP contribution is -2.01. The summed E-state index contributed by atoms with van der Waals surface area (Å²) >= 11 is 2.09. The van der Waals surface area contributed by atoms with Gasteiger partial charge in [0.25, 0.3) is 5.69 Å². The van der Waals surface area contributed by atoms with Crippen molar-refractivity contribution in [2.45, 2.75) is 13.8 Å². The molecule has 1 aromatic carbocycles. The number of nitrogens with one attached hydrogen (secondary N) is 1. The van der Waals surface area contributed by atoms with Gasteiger partial charge >= 0.3 is 0 Å². The molecule has 0 saturated heterocycles. The highest BCUT2D eigenvalue weighted by Crippen LogP contribution is 2.23. The summed E-state index contributed by atoms with van der Waals surface area (Å²) in [5.74, 6) is 0. The number of non-ortho nitro benzene ring substituents is 1. The number of anilines is 1. The molecule has 0 amide bonds. The van der Waals surface area contributed by atoms with E-state index in [1.807, 2.05) is 13.8 Å². The maximum atomic E-state index is 10.5. The number of allylic oxidation sites excluding steroid dienone is 1. The van der Waals surface area contributed by atoms with E-state index in [1.54, 1.807) is 12.1 Å². The van der Waals surface area contributed by atoms with Gasteiger partial charge in [-0.2, -0.15) is 0 Å². The Morgan fingerprint density at radius 3 is 2.75 bits per heavy atom. The van der Waals surface area contributed by atoms with Gasteiger partial charge in [-0.05, 0) is 42.5 Å². The Kier molecular flexibility index (Phi) is 4.72. The van der Waals surface area contributed by atoms with Crippen LogP contribution in [0.4, 0.5) is 11.4 Å². The fraction of sp³-hybridized carbons (Fsp3) is 0.273. The van der Waals surface area contributed by atoms with E-state index >= 15 is 0 Å². The molecule has 0 spiro atoms. The maximum Gasteiger partial charge on any atom is 0.270 e. The zero-order valence-corrected chi connectivity index (χ0v) is 11.3. The number of halogens is 1. The van der Waals surface area contributed by atoms with Crippen LogP contribution in [0.1, 0.15) is 13.8 Å². The van der Waals surface area contributed by atoms with E-state index in [1.165, 1.54) is 11.6 Å². The summed E-state index contributed by atoms with van der Waals surface area (Å²) in [7, 11) is 0. The zero-order chi connectivity index (χ0) is 12.1. The van der Waals surface area contributed by atoms with Crippen LogP contribution in [-0.4, -0.2) is 11.5 Å². The van der Waals surface area contributed by atoms with Crippen LogP contribution in [0.25, 0.3) is 0 Å². The van der Waals surface area contributed by atoms with E-state index < -0.39 is 0 Å². The topological polar surface area (TPSA) is 55.2 Å². The summed E-state index contributed by atoms with van der Waals surface area (Å²) in [4.78, 5) is 10.2. The van der Waals surface area contributed by atoms with Crippen LogP contribution in [-0.2, 0) is 0 Å². The van der Waals surface area contributed by atoms with Gasteiger partial charge in [-0.1, -0.05) is 11.6 Å². The number of benzene rings is 1. The number of hydrogen-bond donors (Lipinski definition) is 1. The Balaban J connectivity index is 2.75. The van der Waals surface area contributed by atoms with Crippen LogP contribution in [0.15, 0.2) is 29.8 Å². The first-order valence-corrected chi connectivity index (χ1v) is 5.89. The van der Waals surface area contributed by atoms with Crippen LogP contribution < -0.4 is 5.32 Å². The zero-order valence-electron chi connectivity index (χ0n) is 9.16. The molecule has 0 saturated carbocycles. The molecule has 86 valence electrons. The van der Waals surface area contributed by atoms with Crippen LogP contribution in [0.5, 0.6) is 0 Å². The van der Waals surface area contributed by atoms with Crippen LogP contribution in [0, 0.1) is 13.7 Å². The van der Waals surface area contributed by atoms with E-state index in [0.29, 0.717) is 0 Å².